The lowest BCUT2D eigenvalue weighted by Crippen LogP contribution is -2.19. The van der Waals surface area contributed by atoms with Gasteiger partial charge in [-0.1, -0.05) is 0 Å². The highest BCUT2D eigenvalue weighted by atomic mass is 79.9. The predicted molar refractivity (Wildman–Crippen MR) is 77.5 cm³/mol. The average molecular weight is 384 g/mol. The Morgan fingerprint density at radius 2 is 2.29 bits per heavy atom. The van der Waals surface area contributed by atoms with Gasteiger partial charge in [-0.3, -0.25) is 0 Å². The van der Waals surface area contributed by atoms with E-state index >= 15 is 0 Å². The molecule has 0 aliphatic carbocycles. The van der Waals surface area contributed by atoms with Crippen molar-refractivity contribution in [2.75, 3.05) is 6.61 Å². The standard InChI is InChI=1S/C12H16Br2O2S/c13-9-7-11(17-12(9)14)10(15)5-4-8-3-1-2-6-16-8/h7-8,10,15H,1-6H2. The molecule has 2 heterocycles. The molecule has 1 aromatic heterocycles. The lowest BCUT2D eigenvalue weighted by molar-refractivity contribution is 0.00236. The number of halogens is 2. The van der Waals surface area contributed by atoms with Gasteiger partial charge in [-0.25, -0.2) is 0 Å². The maximum Gasteiger partial charge on any atom is 0.0883 e. The molecule has 1 aliphatic rings. The smallest absolute Gasteiger partial charge is 0.0883 e. The molecule has 1 N–H and O–H groups in total. The molecule has 96 valence electrons. The van der Waals surface area contributed by atoms with Gasteiger partial charge in [-0.15, -0.1) is 11.3 Å². The minimum atomic E-state index is -0.367. The van der Waals surface area contributed by atoms with Gasteiger partial charge in [0, 0.05) is 16.0 Å². The van der Waals surface area contributed by atoms with Gasteiger partial charge >= 0.3 is 0 Å². The van der Waals surface area contributed by atoms with Gasteiger partial charge in [0.1, 0.15) is 0 Å². The molecule has 0 bridgehead atoms. The van der Waals surface area contributed by atoms with Gasteiger partial charge in [0.05, 0.1) is 16.0 Å². The van der Waals surface area contributed by atoms with E-state index < -0.39 is 0 Å². The summed E-state index contributed by atoms with van der Waals surface area (Å²) in [6.45, 7) is 0.886. The molecule has 2 rings (SSSR count). The van der Waals surface area contributed by atoms with Crippen LogP contribution < -0.4 is 0 Å². The second-order valence-electron chi connectivity index (χ2n) is 4.35. The Kier molecular flexibility index (Phi) is 5.49. The summed E-state index contributed by atoms with van der Waals surface area (Å²) < 4.78 is 7.73. The molecule has 2 unspecified atom stereocenters. The molecule has 0 aromatic carbocycles. The number of thiophene rings is 1. The minimum absolute atomic E-state index is 0.352. The predicted octanol–water partition coefficient (Wildman–Crippen LogP) is 4.66. The Morgan fingerprint density at radius 1 is 1.47 bits per heavy atom. The van der Waals surface area contributed by atoms with Gasteiger partial charge in [-0.2, -0.15) is 0 Å². The molecule has 17 heavy (non-hydrogen) atoms. The van der Waals surface area contributed by atoms with E-state index in [1.807, 2.05) is 6.07 Å². The topological polar surface area (TPSA) is 29.5 Å². The van der Waals surface area contributed by atoms with Crippen LogP contribution in [0.5, 0.6) is 0 Å². The van der Waals surface area contributed by atoms with Crippen molar-refractivity contribution < 1.29 is 9.84 Å². The molecule has 1 aliphatic heterocycles. The average Bonchev–Trinajstić information content (AvgIpc) is 2.68. The summed E-state index contributed by atoms with van der Waals surface area (Å²) in [5.41, 5.74) is 0. The highest BCUT2D eigenvalue weighted by Gasteiger charge is 2.18. The van der Waals surface area contributed by atoms with E-state index in [4.69, 9.17) is 4.74 Å². The third-order valence-corrected chi connectivity index (χ3v) is 6.39. The van der Waals surface area contributed by atoms with E-state index in [0.717, 1.165) is 39.0 Å². The molecular weight excluding hydrogens is 368 g/mol. The van der Waals surface area contributed by atoms with Crippen LogP contribution in [0, 0.1) is 0 Å². The third-order valence-electron chi connectivity index (χ3n) is 3.03. The van der Waals surface area contributed by atoms with E-state index in [-0.39, 0.29) is 6.10 Å². The maximum absolute atomic E-state index is 10.1. The Hall–Kier alpha value is 0.580. The van der Waals surface area contributed by atoms with Gasteiger partial charge < -0.3 is 9.84 Å². The quantitative estimate of drug-likeness (QED) is 0.819. The van der Waals surface area contributed by atoms with Crippen molar-refractivity contribution in [1.29, 1.82) is 0 Å². The van der Waals surface area contributed by atoms with Crippen LogP contribution >= 0.6 is 43.2 Å². The Labute approximate surface area is 123 Å². The first-order chi connectivity index (χ1) is 8.16. The van der Waals surface area contributed by atoms with Crippen molar-refractivity contribution in [3.8, 4) is 0 Å². The summed E-state index contributed by atoms with van der Waals surface area (Å²) in [6.07, 6.45) is 5.31. The van der Waals surface area contributed by atoms with Crippen LogP contribution in [0.1, 0.15) is 43.1 Å². The second kappa shape index (κ2) is 6.66. The highest BCUT2D eigenvalue weighted by molar-refractivity contribution is 9.13. The van der Waals surface area contributed by atoms with Gasteiger partial charge in [-0.05, 0) is 70.0 Å². The van der Waals surface area contributed by atoms with Gasteiger partial charge in [0.15, 0.2) is 0 Å². The van der Waals surface area contributed by atoms with Crippen molar-refractivity contribution in [1.82, 2.24) is 0 Å². The lowest BCUT2D eigenvalue weighted by Gasteiger charge is -2.23. The first kappa shape index (κ1) is 14.0. The van der Waals surface area contributed by atoms with E-state index in [1.54, 1.807) is 11.3 Å². The van der Waals surface area contributed by atoms with Crippen molar-refractivity contribution in [3.63, 3.8) is 0 Å². The Bertz CT molecular complexity index is 342. The zero-order valence-electron chi connectivity index (χ0n) is 9.49. The zero-order valence-corrected chi connectivity index (χ0v) is 13.5. The second-order valence-corrected chi connectivity index (χ2v) is 7.61. The third kappa shape index (κ3) is 4.03. The van der Waals surface area contributed by atoms with E-state index in [9.17, 15) is 5.11 Å². The molecule has 0 saturated carbocycles. The number of aliphatic hydroxyl groups is 1. The van der Waals surface area contributed by atoms with Crippen LogP contribution in [0.2, 0.25) is 0 Å². The maximum atomic E-state index is 10.1. The molecule has 2 nitrogen and oxygen atoms in total. The molecule has 2 atom stereocenters. The van der Waals surface area contributed by atoms with E-state index in [2.05, 4.69) is 31.9 Å². The summed E-state index contributed by atoms with van der Waals surface area (Å²) in [4.78, 5) is 1.01. The van der Waals surface area contributed by atoms with Crippen LogP contribution in [0.15, 0.2) is 14.3 Å². The van der Waals surface area contributed by atoms with Gasteiger partial charge in [0.2, 0.25) is 0 Å². The van der Waals surface area contributed by atoms with Crippen LogP contribution in [0.3, 0.4) is 0 Å². The molecular formula is C12H16Br2O2S. The first-order valence-corrected chi connectivity index (χ1v) is 8.31. The molecule has 0 radical (unpaired) electrons. The first-order valence-electron chi connectivity index (χ1n) is 5.91. The summed E-state index contributed by atoms with van der Waals surface area (Å²) in [5.74, 6) is 0. The van der Waals surface area contributed by atoms with E-state index in [0.29, 0.717) is 6.10 Å². The SMILES string of the molecule is OC(CCC1CCCCO1)c1cc(Br)c(Br)s1. The monoisotopic (exact) mass is 382 g/mol. The molecule has 0 amide bonds. The minimum Gasteiger partial charge on any atom is -0.388 e. The lowest BCUT2D eigenvalue weighted by atomic mass is 10.0. The van der Waals surface area contributed by atoms with Crippen molar-refractivity contribution >= 4 is 43.2 Å². The summed E-state index contributed by atoms with van der Waals surface area (Å²) in [5, 5.41) is 10.1. The van der Waals surface area contributed by atoms with Crippen LogP contribution in [-0.4, -0.2) is 17.8 Å². The molecule has 1 aromatic rings. The van der Waals surface area contributed by atoms with Gasteiger partial charge in [0.25, 0.3) is 0 Å². The number of ether oxygens (including phenoxy) is 1. The highest BCUT2D eigenvalue weighted by Crippen LogP contribution is 2.37. The Balaban J connectivity index is 1.82. The van der Waals surface area contributed by atoms with Crippen molar-refractivity contribution in [3.05, 3.63) is 19.2 Å². The van der Waals surface area contributed by atoms with Crippen LogP contribution in [-0.2, 0) is 4.74 Å². The van der Waals surface area contributed by atoms with Crippen LogP contribution in [0.25, 0.3) is 0 Å². The molecule has 0 spiro atoms. The van der Waals surface area contributed by atoms with E-state index in [1.165, 1.54) is 12.8 Å². The summed E-state index contributed by atoms with van der Waals surface area (Å²) in [7, 11) is 0. The Morgan fingerprint density at radius 3 is 2.88 bits per heavy atom. The summed E-state index contributed by atoms with van der Waals surface area (Å²) >= 11 is 8.48. The van der Waals surface area contributed by atoms with Crippen LogP contribution in [0.4, 0.5) is 0 Å². The molecule has 1 fully saturated rings. The summed E-state index contributed by atoms with van der Waals surface area (Å²) in [6, 6.07) is 1.99. The number of aliphatic hydroxyl groups excluding tert-OH is 1. The molecule has 5 heteroatoms. The largest absolute Gasteiger partial charge is 0.388 e. The number of rotatable bonds is 4. The number of hydrogen-bond donors (Lipinski definition) is 1. The number of hydrogen-bond acceptors (Lipinski definition) is 3. The van der Waals surface area contributed by atoms with Crippen molar-refractivity contribution in [2.45, 2.75) is 44.3 Å². The fourth-order valence-corrected chi connectivity index (χ4v) is 4.16. The fraction of sp³-hybridized carbons (Fsp3) is 0.667. The fourth-order valence-electron chi connectivity index (χ4n) is 2.05. The zero-order chi connectivity index (χ0) is 12.3. The van der Waals surface area contributed by atoms with Crippen molar-refractivity contribution in [2.24, 2.45) is 0 Å². The molecule has 1 saturated heterocycles. The normalized spacial score (nSPS) is 22.6.